The van der Waals surface area contributed by atoms with Gasteiger partial charge < -0.3 is 15.0 Å². The summed E-state index contributed by atoms with van der Waals surface area (Å²) < 4.78 is 5.10. The third-order valence-electron chi connectivity index (χ3n) is 3.39. The first-order chi connectivity index (χ1) is 8.22. The molecule has 1 aliphatic heterocycles. The second-order valence-electron chi connectivity index (χ2n) is 5.63. The maximum absolute atomic E-state index is 5.10. The summed E-state index contributed by atoms with van der Waals surface area (Å²) in [5.41, 5.74) is 0. The van der Waals surface area contributed by atoms with Gasteiger partial charge in [-0.1, -0.05) is 13.8 Å². The van der Waals surface area contributed by atoms with Gasteiger partial charge in [-0.15, -0.1) is 0 Å². The third-order valence-corrected chi connectivity index (χ3v) is 3.39. The molecule has 1 saturated heterocycles. The molecule has 0 spiro atoms. The summed E-state index contributed by atoms with van der Waals surface area (Å²) in [4.78, 5) is 2.63. The first-order valence-electron chi connectivity index (χ1n) is 7.17. The molecule has 1 unspecified atom stereocenters. The molecule has 1 fully saturated rings. The summed E-state index contributed by atoms with van der Waals surface area (Å²) in [5, 5.41) is 3.68. The fraction of sp³-hybridized carbons (Fsp3) is 1.00. The Hall–Kier alpha value is -0.120. The number of hydrogen-bond donors (Lipinski definition) is 1. The van der Waals surface area contributed by atoms with Crippen LogP contribution >= 0.6 is 0 Å². The molecule has 17 heavy (non-hydrogen) atoms. The lowest BCUT2D eigenvalue weighted by Gasteiger charge is -2.25. The zero-order chi connectivity index (χ0) is 12.5. The zero-order valence-corrected chi connectivity index (χ0v) is 11.9. The lowest BCUT2D eigenvalue weighted by molar-refractivity contribution is 0.182. The Morgan fingerprint density at radius 3 is 2.88 bits per heavy atom. The van der Waals surface area contributed by atoms with Gasteiger partial charge in [0.05, 0.1) is 0 Å². The summed E-state index contributed by atoms with van der Waals surface area (Å²) in [5.74, 6) is 0.793. The van der Waals surface area contributed by atoms with E-state index < -0.39 is 0 Å². The maximum Gasteiger partial charge on any atom is 0.0462 e. The van der Waals surface area contributed by atoms with Crippen LogP contribution in [0.15, 0.2) is 0 Å². The zero-order valence-electron chi connectivity index (χ0n) is 11.9. The topological polar surface area (TPSA) is 24.5 Å². The van der Waals surface area contributed by atoms with E-state index >= 15 is 0 Å². The van der Waals surface area contributed by atoms with E-state index in [2.05, 4.69) is 24.1 Å². The van der Waals surface area contributed by atoms with Gasteiger partial charge in [0.25, 0.3) is 0 Å². The molecular formula is C14H30N2O. The molecule has 0 radical (unpaired) electrons. The number of nitrogens with one attached hydrogen (secondary N) is 1. The predicted octanol–water partition coefficient (Wildman–Crippen LogP) is 2.12. The lowest BCUT2D eigenvalue weighted by atomic mass is 10.0. The van der Waals surface area contributed by atoms with Crippen LogP contribution in [-0.2, 0) is 4.74 Å². The predicted molar refractivity (Wildman–Crippen MR) is 73.4 cm³/mol. The van der Waals surface area contributed by atoms with Gasteiger partial charge in [0.2, 0.25) is 0 Å². The van der Waals surface area contributed by atoms with Crippen LogP contribution in [0, 0.1) is 5.92 Å². The Bertz CT molecular complexity index is 185. The standard InChI is InChI=1S/C14H30N2O/c1-13(2)11-14-12-16(9-6-7-15-14)8-4-5-10-17-3/h13-15H,4-12H2,1-3H3. The fourth-order valence-electron chi connectivity index (χ4n) is 2.59. The molecule has 0 aromatic rings. The quantitative estimate of drug-likeness (QED) is 0.692. The van der Waals surface area contributed by atoms with Crippen LogP contribution in [0.1, 0.15) is 39.5 Å². The van der Waals surface area contributed by atoms with Crippen molar-refractivity contribution in [3.8, 4) is 0 Å². The number of hydrogen-bond acceptors (Lipinski definition) is 3. The second kappa shape index (κ2) is 8.90. The first-order valence-corrected chi connectivity index (χ1v) is 7.17. The normalized spacial score (nSPS) is 22.9. The molecule has 3 heteroatoms. The van der Waals surface area contributed by atoms with Gasteiger partial charge >= 0.3 is 0 Å². The smallest absolute Gasteiger partial charge is 0.0462 e. The minimum Gasteiger partial charge on any atom is -0.385 e. The van der Waals surface area contributed by atoms with Crippen molar-refractivity contribution in [3.63, 3.8) is 0 Å². The van der Waals surface area contributed by atoms with Crippen molar-refractivity contribution in [1.29, 1.82) is 0 Å². The van der Waals surface area contributed by atoms with Gasteiger partial charge in [0, 0.05) is 26.3 Å². The number of nitrogens with zero attached hydrogens (tertiary/aromatic N) is 1. The third kappa shape index (κ3) is 7.02. The van der Waals surface area contributed by atoms with E-state index in [1.807, 2.05) is 0 Å². The van der Waals surface area contributed by atoms with E-state index in [0.29, 0.717) is 6.04 Å². The number of methoxy groups -OCH3 is 1. The molecule has 0 aromatic carbocycles. The molecule has 1 heterocycles. The molecule has 0 amide bonds. The van der Waals surface area contributed by atoms with Gasteiger partial charge in [0.15, 0.2) is 0 Å². The van der Waals surface area contributed by atoms with Crippen molar-refractivity contribution >= 4 is 0 Å². The summed E-state index contributed by atoms with van der Waals surface area (Å²) in [6.07, 6.45) is 5.05. The molecule has 1 aliphatic rings. The first kappa shape index (κ1) is 14.9. The molecule has 102 valence electrons. The number of unbranched alkanes of at least 4 members (excludes halogenated alkanes) is 1. The van der Waals surface area contributed by atoms with Crippen LogP contribution in [0.2, 0.25) is 0 Å². The fourth-order valence-corrected chi connectivity index (χ4v) is 2.59. The molecule has 0 aliphatic carbocycles. The van der Waals surface area contributed by atoms with E-state index in [1.54, 1.807) is 7.11 Å². The van der Waals surface area contributed by atoms with Crippen molar-refractivity contribution in [3.05, 3.63) is 0 Å². The molecule has 0 saturated carbocycles. The average Bonchev–Trinajstić information content (AvgIpc) is 2.49. The van der Waals surface area contributed by atoms with Crippen molar-refractivity contribution in [2.24, 2.45) is 5.92 Å². The highest BCUT2D eigenvalue weighted by Gasteiger charge is 2.17. The highest BCUT2D eigenvalue weighted by Crippen LogP contribution is 2.10. The number of ether oxygens (including phenoxy) is 1. The van der Waals surface area contributed by atoms with Gasteiger partial charge in [0.1, 0.15) is 0 Å². The van der Waals surface area contributed by atoms with Crippen LogP contribution in [-0.4, -0.2) is 50.8 Å². The van der Waals surface area contributed by atoms with Gasteiger partial charge in [-0.05, 0) is 51.2 Å². The van der Waals surface area contributed by atoms with E-state index in [-0.39, 0.29) is 0 Å². The summed E-state index contributed by atoms with van der Waals surface area (Å²) >= 11 is 0. The Labute approximate surface area is 107 Å². The maximum atomic E-state index is 5.10. The monoisotopic (exact) mass is 242 g/mol. The largest absolute Gasteiger partial charge is 0.385 e. The molecule has 0 bridgehead atoms. The van der Waals surface area contributed by atoms with E-state index in [0.717, 1.165) is 12.5 Å². The Morgan fingerprint density at radius 1 is 1.35 bits per heavy atom. The van der Waals surface area contributed by atoms with E-state index in [4.69, 9.17) is 4.74 Å². The molecule has 3 nitrogen and oxygen atoms in total. The lowest BCUT2D eigenvalue weighted by Crippen LogP contribution is -2.38. The highest BCUT2D eigenvalue weighted by atomic mass is 16.5. The summed E-state index contributed by atoms with van der Waals surface area (Å²) in [7, 11) is 1.79. The van der Waals surface area contributed by atoms with Crippen LogP contribution < -0.4 is 5.32 Å². The van der Waals surface area contributed by atoms with E-state index in [9.17, 15) is 0 Å². The Morgan fingerprint density at radius 2 is 2.18 bits per heavy atom. The Kier molecular flexibility index (Phi) is 7.82. The second-order valence-corrected chi connectivity index (χ2v) is 5.63. The SMILES string of the molecule is COCCCCN1CCCNC(CC(C)C)C1. The van der Waals surface area contributed by atoms with Gasteiger partial charge in [-0.3, -0.25) is 0 Å². The highest BCUT2D eigenvalue weighted by molar-refractivity contribution is 4.77. The molecular weight excluding hydrogens is 212 g/mol. The minimum absolute atomic E-state index is 0.694. The molecule has 1 rings (SSSR count). The minimum atomic E-state index is 0.694. The van der Waals surface area contributed by atoms with Crippen molar-refractivity contribution in [1.82, 2.24) is 10.2 Å². The van der Waals surface area contributed by atoms with Crippen LogP contribution in [0.5, 0.6) is 0 Å². The average molecular weight is 242 g/mol. The van der Waals surface area contributed by atoms with Crippen LogP contribution in [0.3, 0.4) is 0 Å². The molecule has 0 aromatic heterocycles. The van der Waals surface area contributed by atoms with Crippen molar-refractivity contribution < 1.29 is 4.74 Å². The van der Waals surface area contributed by atoms with Crippen molar-refractivity contribution in [2.75, 3.05) is 39.9 Å². The Balaban J connectivity index is 2.22. The summed E-state index contributed by atoms with van der Waals surface area (Å²) in [6, 6.07) is 0.694. The van der Waals surface area contributed by atoms with E-state index in [1.165, 1.54) is 51.9 Å². The molecule has 1 N–H and O–H groups in total. The molecule has 1 atom stereocenters. The van der Waals surface area contributed by atoms with Crippen LogP contribution in [0.25, 0.3) is 0 Å². The number of rotatable bonds is 7. The van der Waals surface area contributed by atoms with Crippen LogP contribution in [0.4, 0.5) is 0 Å². The van der Waals surface area contributed by atoms with Gasteiger partial charge in [-0.2, -0.15) is 0 Å². The summed E-state index contributed by atoms with van der Waals surface area (Å²) in [6.45, 7) is 10.4. The van der Waals surface area contributed by atoms with Crippen molar-refractivity contribution in [2.45, 2.75) is 45.6 Å². The van der Waals surface area contributed by atoms with Gasteiger partial charge in [-0.25, -0.2) is 0 Å².